The molecule has 2 N–H and O–H groups in total. The van der Waals surface area contributed by atoms with E-state index in [9.17, 15) is 0 Å². The number of anilines is 1. The van der Waals surface area contributed by atoms with E-state index in [0.717, 1.165) is 32.1 Å². The second kappa shape index (κ2) is 6.00. The summed E-state index contributed by atoms with van der Waals surface area (Å²) in [5.74, 6) is 0.857. The zero-order chi connectivity index (χ0) is 13.1. The molecular formula is C14H13BrClNS. The standard InChI is InChI=1S/C14H13BrClNS/c1-9-6-12(4-5-14(9)17)18-8-10-2-3-11(15)7-13(10)16/h2-7H,8,17H2,1H3. The molecule has 0 saturated carbocycles. The van der Waals surface area contributed by atoms with Crippen LogP contribution >= 0.6 is 39.3 Å². The minimum absolute atomic E-state index is 0.795. The van der Waals surface area contributed by atoms with E-state index >= 15 is 0 Å². The largest absolute Gasteiger partial charge is 0.399 e. The van der Waals surface area contributed by atoms with E-state index in [1.165, 1.54) is 4.90 Å². The first kappa shape index (κ1) is 13.8. The Labute approximate surface area is 125 Å². The molecule has 18 heavy (non-hydrogen) atoms. The number of rotatable bonds is 3. The van der Waals surface area contributed by atoms with Gasteiger partial charge >= 0.3 is 0 Å². The van der Waals surface area contributed by atoms with E-state index in [1.54, 1.807) is 11.8 Å². The minimum Gasteiger partial charge on any atom is -0.399 e. The van der Waals surface area contributed by atoms with Gasteiger partial charge in [0.1, 0.15) is 0 Å². The van der Waals surface area contributed by atoms with Gasteiger partial charge in [0.05, 0.1) is 0 Å². The lowest BCUT2D eigenvalue weighted by Crippen LogP contribution is -1.89. The number of benzene rings is 2. The van der Waals surface area contributed by atoms with Crippen LogP contribution in [0.15, 0.2) is 45.8 Å². The van der Waals surface area contributed by atoms with Gasteiger partial charge in [-0.15, -0.1) is 11.8 Å². The van der Waals surface area contributed by atoms with Crippen molar-refractivity contribution in [2.24, 2.45) is 0 Å². The summed E-state index contributed by atoms with van der Waals surface area (Å²) < 4.78 is 1.00. The van der Waals surface area contributed by atoms with Crippen molar-refractivity contribution >= 4 is 45.0 Å². The van der Waals surface area contributed by atoms with Crippen LogP contribution in [0.2, 0.25) is 5.02 Å². The molecule has 0 aromatic heterocycles. The summed E-state index contributed by atoms with van der Waals surface area (Å²) in [6, 6.07) is 12.1. The van der Waals surface area contributed by atoms with Gasteiger partial charge in [0.25, 0.3) is 0 Å². The van der Waals surface area contributed by atoms with Crippen molar-refractivity contribution in [1.82, 2.24) is 0 Å². The van der Waals surface area contributed by atoms with Crippen LogP contribution in [0.4, 0.5) is 5.69 Å². The first-order chi connectivity index (χ1) is 8.56. The fourth-order valence-corrected chi connectivity index (χ4v) is 3.36. The van der Waals surface area contributed by atoms with Crippen molar-refractivity contribution < 1.29 is 0 Å². The summed E-state index contributed by atoms with van der Waals surface area (Å²) >= 11 is 11.4. The molecule has 2 rings (SSSR count). The summed E-state index contributed by atoms with van der Waals surface area (Å²) in [6.07, 6.45) is 0. The monoisotopic (exact) mass is 341 g/mol. The minimum atomic E-state index is 0.795. The fourth-order valence-electron chi connectivity index (χ4n) is 1.54. The molecule has 0 radical (unpaired) electrons. The molecule has 0 heterocycles. The van der Waals surface area contributed by atoms with E-state index in [-0.39, 0.29) is 0 Å². The Morgan fingerprint density at radius 2 is 2.00 bits per heavy atom. The molecule has 0 unspecified atom stereocenters. The molecule has 0 aliphatic heterocycles. The lowest BCUT2D eigenvalue weighted by Gasteiger charge is -2.07. The third-order valence-electron chi connectivity index (χ3n) is 2.65. The Balaban J connectivity index is 2.09. The van der Waals surface area contributed by atoms with Crippen molar-refractivity contribution in [2.45, 2.75) is 17.6 Å². The third kappa shape index (κ3) is 3.44. The van der Waals surface area contributed by atoms with Gasteiger partial charge in [-0.25, -0.2) is 0 Å². The van der Waals surface area contributed by atoms with Crippen LogP contribution in [0.5, 0.6) is 0 Å². The maximum Gasteiger partial charge on any atom is 0.0457 e. The van der Waals surface area contributed by atoms with Crippen LogP contribution in [0.25, 0.3) is 0 Å². The number of nitrogen functional groups attached to an aromatic ring is 1. The quantitative estimate of drug-likeness (QED) is 0.606. The Bertz CT molecular complexity index is 572. The van der Waals surface area contributed by atoms with E-state index in [1.807, 2.05) is 37.3 Å². The first-order valence-corrected chi connectivity index (χ1v) is 7.65. The Kier molecular flexibility index (Phi) is 4.60. The number of halogens is 2. The van der Waals surface area contributed by atoms with Crippen molar-refractivity contribution in [3.8, 4) is 0 Å². The van der Waals surface area contributed by atoms with E-state index in [4.69, 9.17) is 17.3 Å². The number of hydrogen-bond donors (Lipinski definition) is 1. The molecule has 0 aliphatic carbocycles. The molecule has 4 heteroatoms. The summed E-state index contributed by atoms with van der Waals surface area (Å²) in [5.41, 5.74) is 8.89. The van der Waals surface area contributed by atoms with Gasteiger partial charge in [0.2, 0.25) is 0 Å². The highest BCUT2D eigenvalue weighted by Gasteiger charge is 2.03. The molecule has 0 atom stereocenters. The highest BCUT2D eigenvalue weighted by molar-refractivity contribution is 9.10. The highest BCUT2D eigenvalue weighted by Crippen LogP contribution is 2.29. The Hall–Kier alpha value is -0.640. The molecule has 0 bridgehead atoms. The van der Waals surface area contributed by atoms with Crippen LogP contribution in [-0.2, 0) is 5.75 Å². The lowest BCUT2D eigenvalue weighted by molar-refractivity contribution is 1.34. The number of aryl methyl sites for hydroxylation is 1. The van der Waals surface area contributed by atoms with Crippen LogP contribution in [0, 0.1) is 6.92 Å². The van der Waals surface area contributed by atoms with Crippen LogP contribution in [0.3, 0.4) is 0 Å². The first-order valence-electron chi connectivity index (χ1n) is 5.49. The van der Waals surface area contributed by atoms with Gasteiger partial charge in [-0.2, -0.15) is 0 Å². The van der Waals surface area contributed by atoms with Gasteiger partial charge in [-0.05, 0) is 48.4 Å². The van der Waals surface area contributed by atoms with Crippen molar-refractivity contribution in [3.63, 3.8) is 0 Å². The number of hydrogen-bond acceptors (Lipinski definition) is 2. The van der Waals surface area contributed by atoms with Gasteiger partial charge in [-0.3, -0.25) is 0 Å². The van der Waals surface area contributed by atoms with Crippen LogP contribution < -0.4 is 5.73 Å². The average Bonchev–Trinajstić information content (AvgIpc) is 2.32. The zero-order valence-electron chi connectivity index (χ0n) is 9.91. The molecule has 2 aromatic rings. The lowest BCUT2D eigenvalue weighted by atomic mass is 10.2. The van der Waals surface area contributed by atoms with Gasteiger partial charge in [-0.1, -0.05) is 33.6 Å². The fraction of sp³-hybridized carbons (Fsp3) is 0.143. The van der Waals surface area contributed by atoms with E-state index < -0.39 is 0 Å². The molecule has 0 saturated heterocycles. The summed E-state index contributed by atoms with van der Waals surface area (Å²) in [5, 5.41) is 0.795. The number of thioether (sulfide) groups is 1. The van der Waals surface area contributed by atoms with Crippen molar-refractivity contribution in [3.05, 3.63) is 57.0 Å². The molecule has 0 spiro atoms. The topological polar surface area (TPSA) is 26.0 Å². The van der Waals surface area contributed by atoms with Gasteiger partial charge in [0, 0.05) is 25.8 Å². The van der Waals surface area contributed by atoms with Crippen LogP contribution in [0.1, 0.15) is 11.1 Å². The van der Waals surface area contributed by atoms with Crippen LogP contribution in [-0.4, -0.2) is 0 Å². The number of nitrogens with two attached hydrogens (primary N) is 1. The maximum atomic E-state index is 6.19. The maximum absolute atomic E-state index is 6.19. The molecule has 0 amide bonds. The van der Waals surface area contributed by atoms with E-state index in [0.29, 0.717) is 0 Å². The van der Waals surface area contributed by atoms with Gasteiger partial charge < -0.3 is 5.73 Å². The molecule has 94 valence electrons. The summed E-state index contributed by atoms with van der Waals surface area (Å²) in [4.78, 5) is 1.21. The third-order valence-corrected chi connectivity index (χ3v) is 4.54. The molecular weight excluding hydrogens is 330 g/mol. The normalized spacial score (nSPS) is 10.6. The Morgan fingerprint density at radius 1 is 1.22 bits per heavy atom. The second-order valence-electron chi connectivity index (χ2n) is 4.04. The molecule has 1 nitrogen and oxygen atoms in total. The second-order valence-corrected chi connectivity index (χ2v) is 6.41. The average molecular weight is 343 g/mol. The predicted octanol–water partition coefficient (Wildman–Crippen LogP) is 5.29. The Morgan fingerprint density at radius 3 is 2.67 bits per heavy atom. The molecule has 2 aromatic carbocycles. The summed E-state index contributed by atoms with van der Waals surface area (Å²) in [6.45, 7) is 2.02. The SMILES string of the molecule is Cc1cc(SCc2ccc(Br)cc2Cl)ccc1N. The molecule has 0 fully saturated rings. The van der Waals surface area contributed by atoms with E-state index in [2.05, 4.69) is 22.0 Å². The van der Waals surface area contributed by atoms with Crippen molar-refractivity contribution in [1.29, 1.82) is 0 Å². The zero-order valence-corrected chi connectivity index (χ0v) is 13.1. The van der Waals surface area contributed by atoms with Gasteiger partial charge in [0.15, 0.2) is 0 Å². The molecule has 0 aliphatic rings. The predicted molar refractivity (Wildman–Crippen MR) is 84.3 cm³/mol. The highest BCUT2D eigenvalue weighted by atomic mass is 79.9. The smallest absolute Gasteiger partial charge is 0.0457 e. The summed E-state index contributed by atoms with van der Waals surface area (Å²) in [7, 11) is 0. The van der Waals surface area contributed by atoms with Crippen molar-refractivity contribution in [2.75, 3.05) is 5.73 Å².